The van der Waals surface area contributed by atoms with Crippen molar-refractivity contribution in [3.8, 4) is 11.6 Å². The molecule has 0 radical (unpaired) electrons. The van der Waals surface area contributed by atoms with Crippen LogP contribution < -0.4 is 15.4 Å². The number of hydrogen-bond acceptors (Lipinski definition) is 5. The largest absolute Gasteiger partial charge is 0.495 e. The first kappa shape index (κ1) is 19.7. The van der Waals surface area contributed by atoms with E-state index in [1.165, 1.54) is 0 Å². The summed E-state index contributed by atoms with van der Waals surface area (Å²) >= 11 is 6.02. The zero-order chi connectivity index (χ0) is 20.9. The van der Waals surface area contributed by atoms with Crippen molar-refractivity contribution in [3.63, 3.8) is 0 Å². The van der Waals surface area contributed by atoms with Gasteiger partial charge in [0.2, 0.25) is 5.91 Å². The van der Waals surface area contributed by atoms with Crippen molar-refractivity contribution in [2.75, 3.05) is 24.3 Å². The van der Waals surface area contributed by atoms with Crippen LogP contribution in [0.1, 0.15) is 6.42 Å². The van der Waals surface area contributed by atoms with Crippen molar-refractivity contribution in [1.29, 1.82) is 0 Å². The van der Waals surface area contributed by atoms with E-state index in [4.69, 9.17) is 16.3 Å². The van der Waals surface area contributed by atoms with E-state index in [2.05, 4.69) is 20.6 Å². The summed E-state index contributed by atoms with van der Waals surface area (Å²) < 4.78 is 7.19. The quantitative estimate of drug-likeness (QED) is 0.458. The van der Waals surface area contributed by atoms with Crippen molar-refractivity contribution in [2.24, 2.45) is 0 Å². The second kappa shape index (κ2) is 8.84. The first-order valence-electron chi connectivity index (χ1n) is 9.40. The van der Waals surface area contributed by atoms with Gasteiger partial charge in [-0.1, -0.05) is 23.7 Å². The van der Waals surface area contributed by atoms with Crippen LogP contribution in [0.3, 0.4) is 0 Å². The van der Waals surface area contributed by atoms with Crippen molar-refractivity contribution in [2.45, 2.75) is 6.42 Å². The molecule has 0 aliphatic carbocycles. The van der Waals surface area contributed by atoms with Crippen molar-refractivity contribution in [1.82, 2.24) is 14.5 Å². The number of para-hydroxylation sites is 2. The number of anilines is 2. The number of aromatic nitrogens is 3. The van der Waals surface area contributed by atoms with Gasteiger partial charge in [-0.25, -0.2) is 9.97 Å². The second-order valence-electron chi connectivity index (χ2n) is 6.58. The Morgan fingerprint density at radius 3 is 2.80 bits per heavy atom. The van der Waals surface area contributed by atoms with Gasteiger partial charge in [0.05, 0.1) is 35.7 Å². The normalized spacial score (nSPS) is 10.7. The Kier molecular flexibility index (Phi) is 5.81. The Morgan fingerprint density at radius 1 is 1.13 bits per heavy atom. The van der Waals surface area contributed by atoms with E-state index in [0.717, 1.165) is 22.5 Å². The van der Waals surface area contributed by atoms with Gasteiger partial charge in [-0.2, -0.15) is 0 Å². The minimum Gasteiger partial charge on any atom is -0.495 e. The highest BCUT2D eigenvalue weighted by Gasteiger charge is 2.08. The predicted molar refractivity (Wildman–Crippen MR) is 119 cm³/mol. The van der Waals surface area contributed by atoms with Crippen LogP contribution in [-0.4, -0.2) is 34.1 Å². The molecule has 152 valence electrons. The Morgan fingerprint density at radius 2 is 2.00 bits per heavy atom. The summed E-state index contributed by atoms with van der Waals surface area (Å²) in [6, 6.07) is 16.8. The maximum atomic E-state index is 12.3. The fourth-order valence-electron chi connectivity index (χ4n) is 3.10. The van der Waals surface area contributed by atoms with Crippen LogP contribution in [-0.2, 0) is 4.79 Å². The summed E-state index contributed by atoms with van der Waals surface area (Å²) in [6.45, 7) is 0.440. The molecule has 0 atom stereocenters. The number of amides is 1. The Bertz CT molecular complexity index is 1170. The van der Waals surface area contributed by atoms with Gasteiger partial charge in [0.25, 0.3) is 0 Å². The van der Waals surface area contributed by atoms with Crippen LogP contribution in [0, 0.1) is 0 Å². The van der Waals surface area contributed by atoms with E-state index in [-0.39, 0.29) is 12.3 Å². The average Bonchev–Trinajstić information content (AvgIpc) is 3.19. The van der Waals surface area contributed by atoms with E-state index in [9.17, 15) is 4.79 Å². The van der Waals surface area contributed by atoms with Crippen LogP contribution >= 0.6 is 11.6 Å². The van der Waals surface area contributed by atoms with Gasteiger partial charge in [-0.05, 0) is 42.5 Å². The molecule has 8 heteroatoms. The zero-order valence-corrected chi connectivity index (χ0v) is 17.1. The number of ether oxygens (including phenoxy) is 1. The predicted octanol–water partition coefficient (Wildman–Crippen LogP) is 4.52. The molecule has 30 heavy (non-hydrogen) atoms. The highest BCUT2D eigenvalue weighted by molar-refractivity contribution is 6.30. The van der Waals surface area contributed by atoms with Gasteiger partial charge in [0.15, 0.2) is 0 Å². The fraction of sp³-hybridized carbons (Fsp3) is 0.136. The summed E-state index contributed by atoms with van der Waals surface area (Å²) in [7, 11) is 1.59. The highest BCUT2D eigenvalue weighted by Crippen LogP contribution is 2.27. The third-order valence-corrected chi connectivity index (χ3v) is 4.80. The first-order valence-corrected chi connectivity index (χ1v) is 9.77. The number of rotatable bonds is 7. The number of benzene rings is 2. The van der Waals surface area contributed by atoms with E-state index >= 15 is 0 Å². The monoisotopic (exact) mass is 421 g/mol. The molecule has 0 saturated carbocycles. The SMILES string of the molecule is COc1ccc(Cl)cc1NCCC(=O)Nc1ccc(-n2cnc3ccccc32)nc1. The molecule has 7 nitrogen and oxygen atoms in total. The third kappa shape index (κ3) is 4.36. The van der Waals surface area contributed by atoms with E-state index in [1.54, 1.807) is 37.8 Å². The third-order valence-electron chi connectivity index (χ3n) is 4.56. The smallest absolute Gasteiger partial charge is 0.226 e. The van der Waals surface area contributed by atoms with Gasteiger partial charge in [0, 0.05) is 18.0 Å². The average molecular weight is 422 g/mol. The highest BCUT2D eigenvalue weighted by atomic mass is 35.5. The number of nitrogens with zero attached hydrogens (tertiary/aromatic N) is 3. The van der Waals surface area contributed by atoms with E-state index < -0.39 is 0 Å². The maximum Gasteiger partial charge on any atom is 0.226 e. The minimum absolute atomic E-state index is 0.119. The van der Waals surface area contributed by atoms with Gasteiger partial charge in [0.1, 0.15) is 17.9 Å². The molecule has 0 fully saturated rings. The Balaban J connectivity index is 1.34. The van der Waals surface area contributed by atoms with Crippen molar-refractivity contribution in [3.05, 3.63) is 72.1 Å². The van der Waals surface area contributed by atoms with Gasteiger partial charge < -0.3 is 15.4 Å². The number of halogens is 1. The number of pyridine rings is 1. The molecule has 1 amide bonds. The summed E-state index contributed by atoms with van der Waals surface area (Å²) in [6.07, 6.45) is 3.65. The Hall–Kier alpha value is -3.58. The maximum absolute atomic E-state index is 12.3. The van der Waals surface area contributed by atoms with Crippen molar-refractivity contribution >= 4 is 39.9 Å². The number of fused-ring (bicyclic) bond motifs is 1. The molecule has 2 heterocycles. The lowest BCUT2D eigenvalue weighted by Gasteiger charge is -2.11. The van der Waals surface area contributed by atoms with Crippen LogP contribution in [0.15, 0.2) is 67.1 Å². The zero-order valence-electron chi connectivity index (χ0n) is 16.3. The summed E-state index contributed by atoms with van der Waals surface area (Å²) in [5.41, 5.74) is 3.26. The summed E-state index contributed by atoms with van der Waals surface area (Å²) in [4.78, 5) is 21.1. The number of carbonyl (C=O) groups is 1. The lowest BCUT2D eigenvalue weighted by Crippen LogP contribution is -2.16. The molecule has 0 unspecified atom stereocenters. The molecule has 0 aliphatic heterocycles. The van der Waals surface area contributed by atoms with Gasteiger partial charge >= 0.3 is 0 Å². The van der Waals surface area contributed by atoms with E-state index in [1.807, 2.05) is 41.0 Å². The molecule has 2 N–H and O–H groups in total. The molecule has 0 saturated heterocycles. The molecule has 2 aromatic carbocycles. The number of methoxy groups -OCH3 is 1. The molecule has 4 rings (SSSR count). The minimum atomic E-state index is -0.119. The molecule has 0 aliphatic rings. The fourth-order valence-corrected chi connectivity index (χ4v) is 3.27. The van der Waals surface area contributed by atoms with Crippen molar-refractivity contribution < 1.29 is 9.53 Å². The summed E-state index contributed by atoms with van der Waals surface area (Å²) in [5.74, 6) is 1.29. The first-order chi connectivity index (χ1) is 14.6. The molecular formula is C22H20ClN5O2. The van der Waals surface area contributed by atoms with Gasteiger partial charge in [-0.15, -0.1) is 0 Å². The van der Waals surface area contributed by atoms with Crippen LogP contribution in [0.5, 0.6) is 5.75 Å². The summed E-state index contributed by atoms with van der Waals surface area (Å²) in [5, 5.41) is 6.62. The van der Waals surface area contributed by atoms with Crippen LogP contribution in [0.25, 0.3) is 16.9 Å². The number of hydrogen-bond donors (Lipinski definition) is 2. The lowest BCUT2D eigenvalue weighted by atomic mass is 10.2. The topological polar surface area (TPSA) is 81.1 Å². The standard InChI is InChI=1S/C22H20ClN5O2/c1-30-20-8-6-15(23)12-18(20)24-11-10-22(29)27-16-7-9-21(25-13-16)28-14-26-17-4-2-3-5-19(17)28/h2-9,12-14,24H,10-11H2,1H3,(H,27,29). The molecule has 2 aromatic heterocycles. The number of nitrogens with one attached hydrogen (secondary N) is 2. The number of imidazole rings is 1. The Labute approximate surface area is 178 Å². The second-order valence-corrected chi connectivity index (χ2v) is 7.01. The molecule has 0 bridgehead atoms. The molecular weight excluding hydrogens is 402 g/mol. The van der Waals surface area contributed by atoms with E-state index in [0.29, 0.717) is 23.0 Å². The molecule has 0 spiro atoms. The van der Waals surface area contributed by atoms with Crippen LogP contribution in [0.4, 0.5) is 11.4 Å². The van der Waals surface area contributed by atoms with Crippen LogP contribution in [0.2, 0.25) is 5.02 Å². The lowest BCUT2D eigenvalue weighted by molar-refractivity contribution is -0.115. The molecule has 4 aromatic rings. The van der Waals surface area contributed by atoms with Gasteiger partial charge in [-0.3, -0.25) is 9.36 Å². The number of carbonyl (C=O) groups excluding carboxylic acids is 1.